The van der Waals surface area contributed by atoms with Crippen LogP contribution in [0.4, 0.5) is 5.69 Å². The fraction of sp³-hybridized carbons (Fsp3) is 0.417. The fourth-order valence-corrected chi connectivity index (χ4v) is 1.78. The van der Waals surface area contributed by atoms with Gasteiger partial charge in [-0.2, -0.15) is 0 Å². The smallest absolute Gasteiger partial charge is 0.228 e. The zero-order valence-electron chi connectivity index (χ0n) is 10.1. The number of nitrogens with one attached hydrogen (secondary N) is 1. The third-order valence-electron chi connectivity index (χ3n) is 2.56. The lowest BCUT2D eigenvalue weighted by molar-refractivity contribution is -0.117. The van der Waals surface area contributed by atoms with Crippen molar-refractivity contribution in [1.82, 2.24) is 0 Å². The monoisotopic (exact) mass is 237 g/mol. The maximum absolute atomic E-state index is 11.5. The molecular weight excluding hydrogens is 222 g/mol. The van der Waals surface area contributed by atoms with Crippen LogP contribution >= 0.6 is 0 Å². The van der Waals surface area contributed by atoms with Gasteiger partial charge in [0.1, 0.15) is 11.9 Å². The highest BCUT2D eigenvalue weighted by atomic mass is 16.5. The fourth-order valence-electron chi connectivity index (χ4n) is 1.78. The van der Waals surface area contributed by atoms with E-state index in [9.17, 15) is 4.79 Å². The molecule has 1 N–H and O–H groups in total. The Morgan fingerprint density at radius 2 is 1.94 bits per heavy atom. The van der Waals surface area contributed by atoms with Gasteiger partial charge in [0.2, 0.25) is 5.91 Å². The summed E-state index contributed by atoms with van der Waals surface area (Å²) in [6, 6.07) is 3.42. The molecule has 5 nitrogen and oxygen atoms in total. The molecule has 1 aromatic carbocycles. The predicted octanol–water partition coefficient (Wildman–Crippen LogP) is 1.81. The zero-order valence-corrected chi connectivity index (χ0v) is 10.1. The van der Waals surface area contributed by atoms with Crippen molar-refractivity contribution in [2.45, 2.75) is 19.4 Å². The Morgan fingerprint density at radius 1 is 1.29 bits per heavy atom. The van der Waals surface area contributed by atoms with Crippen LogP contribution in [0.25, 0.3) is 0 Å². The molecule has 1 aliphatic rings. The van der Waals surface area contributed by atoms with E-state index >= 15 is 0 Å². The van der Waals surface area contributed by atoms with E-state index in [0.29, 0.717) is 29.4 Å². The van der Waals surface area contributed by atoms with Crippen molar-refractivity contribution in [3.63, 3.8) is 0 Å². The van der Waals surface area contributed by atoms with Crippen LogP contribution in [0.1, 0.15) is 13.3 Å². The normalized spacial score (nSPS) is 18.5. The molecule has 2 rings (SSSR count). The van der Waals surface area contributed by atoms with Crippen molar-refractivity contribution in [1.29, 1.82) is 0 Å². The molecule has 1 amide bonds. The van der Waals surface area contributed by atoms with E-state index in [4.69, 9.17) is 14.2 Å². The summed E-state index contributed by atoms with van der Waals surface area (Å²) in [7, 11) is 3.11. The largest absolute Gasteiger partial charge is 0.493 e. The van der Waals surface area contributed by atoms with E-state index in [1.165, 1.54) is 0 Å². The van der Waals surface area contributed by atoms with Crippen LogP contribution in [0.3, 0.4) is 0 Å². The number of ether oxygens (including phenoxy) is 3. The van der Waals surface area contributed by atoms with Crippen LogP contribution in [0.15, 0.2) is 12.1 Å². The summed E-state index contributed by atoms with van der Waals surface area (Å²) in [4.78, 5) is 11.5. The molecule has 0 saturated heterocycles. The molecule has 1 unspecified atom stereocenters. The quantitative estimate of drug-likeness (QED) is 0.852. The molecule has 0 aromatic heterocycles. The molecule has 17 heavy (non-hydrogen) atoms. The van der Waals surface area contributed by atoms with Crippen LogP contribution < -0.4 is 19.5 Å². The van der Waals surface area contributed by atoms with Gasteiger partial charge >= 0.3 is 0 Å². The first-order valence-corrected chi connectivity index (χ1v) is 5.36. The topological polar surface area (TPSA) is 56.8 Å². The molecule has 0 radical (unpaired) electrons. The Balaban J connectivity index is 2.46. The third-order valence-corrected chi connectivity index (χ3v) is 2.56. The molecule has 92 valence electrons. The van der Waals surface area contributed by atoms with E-state index < -0.39 is 0 Å². The lowest BCUT2D eigenvalue weighted by Crippen LogP contribution is -2.17. The van der Waals surface area contributed by atoms with E-state index in [2.05, 4.69) is 5.32 Å². The molecule has 1 aliphatic heterocycles. The van der Waals surface area contributed by atoms with Crippen molar-refractivity contribution < 1.29 is 19.0 Å². The van der Waals surface area contributed by atoms with Crippen molar-refractivity contribution >= 4 is 11.6 Å². The Kier molecular flexibility index (Phi) is 3.08. The summed E-state index contributed by atoms with van der Waals surface area (Å²) in [6.45, 7) is 1.85. The summed E-state index contributed by atoms with van der Waals surface area (Å²) in [6.07, 6.45) is 0.175. The summed E-state index contributed by atoms with van der Waals surface area (Å²) < 4.78 is 16.0. The number of amides is 1. The average molecular weight is 237 g/mol. The van der Waals surface area contributed by atoms with Gasteiger partial charge in [0.05, 0.1) is 26.3 Å². The second-order valence-electron chi connectivity index (χ2n) is 3.88. The van der Waals surface area contributed by atoms with Gasteiger partial charge in [-0.15, -0.1) is 0 Å². The minimum absolute atomic E-state index is 0.0662. The number of fused-ring (bicyclic) bond motifs is 1. The Morgan fingerprint density at radius 3 is 2.59 bits per heavy atom. The summed E-state index contributed by atoms with van der Waals surface area (Å²) in [5, 5.41) is 2.78. The summed E-state index contributed by atoms with van der Waals surface area (Å²) in [5.74, 6) is 1.67. The van der Waals surface area contributed by atoms with Gasteiger partial charge in [-0.05, 0) is 6.92 Å². The number of anilines is 1. The summed E-state index contributed by atoms with van der Waals surface area (Å²) in [5.41, 5.74) is 0.608. The number of carbonyl (C=O) groups excluding carboxylic acids is 1. The molecular formula is C12H15NO4. The highest BCUT2D eigenvalue weighted by molar-refractivity contribution is 5.94. The number of methoxy groups -OCH3 is 2. The van der Waals surface area contributed by atoms with E-state index in [-0.39, 0.29) is 12.0 Å². The van der Waals surface area contributed by atoms with Crippen LogP contribution in [0.5, 0.6) is 17.2 Å². The second-order valence-corrected chi connectivity index (χ2v) is 3.88. The van der Waals surface area contributed by atoms with Crippen molar-refractivity contribution in [2.75, 3.05) is 19.5 Å². The molecule has 5 heteroatoms. The molecule has 0 aliphatic carbocycles. The third kappa shape index (κ3) is 2.27. The predicted molar refractivity (Wildman–Crippen MR) is 62.9 cm³/mol. The highest BCUT2D eigenvalue weighted by Crippen LogP contribution is 2.39. The second kappa shape index (κ2) is 4.53. The average Bonchev–Trinajstić information content (AvgIpc) is 2.43. The van der Waals surface area contributed by atoms with Gasteiger partial charge in [-0.1, -0.05) is 0 Å². The van der Waals surface area contributed by atoms with Crippen LogP contribution in [-0.2, 0) is 4.79 Å². The molecule has 1 aromatic rings. The Labute approximate surface area is 99.7 Å². The SMILES string of the molecule is COc1cc2c(cc1OC)OC(C)CC(=O)N2. The van der Waals surface area contributed by atoms with Gasteiger partial charge in [-0.25, -0.2) is 0 Å². The van der Waals surface area contributed by atoms with Crippen LogP contribution in [0.2, 0.25) is 0 Å². The maximum atomic E-state index is 11.5. The summed E-state index contributed by atoms with van der Waals surface area (Å²) >= 11 is 0. The van der Waals surface area contributed by atoms with Gasteiger partial charge in [0.15, 0.2) is 11.5 Å². The lowest BCUT2D eigenvalue weighted by atomic mass is 10.2. The minimum Gasteiger partial charge on any atom is -0.493 e. The van der Waals surface area contributed by atoms with E-state index in [0.717, 1.165) is 0 Å². The van der Waals surface area contributed by atoms with Gasteiger partial charge < -0.3 is 19.5 Å². The highest BCUT2D eigenvalue weighted by Gasteiger charge is 2.21. The molecule has 1 atom stereocenters. The number of benzene rings is 1. The molecule has 0 bridgehead atoms. The van der Waals surface area contributed by atoms with Gasteiger partial charge in [0, 0.05) is 12.1 Å². The van der Waals surface area contributed by atoms with Crippen molar-refractivity contribution in [2.24, 2.45) is 0 Å². The minimum atomic E-state index is -0.158. The molecule has 0 spiro atoms. The van der Waals surface area contributed by atoms with Gasteiger partial charge in [-0.3, -0.25) is 4.79 Å². The molecule has 1 heterocycles. The van der Waals surface area contributed by atoms with Crippen LogP contribution in [-0.4, -0.2) is 26.2 Å². The zero-order chi connectivity index (χ0) is 12.4. The van der Waals surface area contributed by atoms with Crippen molar-refractivity contribution in [3.8, 4) is 17.2 Å². The standard InChI is InChI=1S/C12H15NO4/c1-7-4-12(14)13-8-5-10(15-2)11(16-3)6-9(8)17-7/h5-7H,4H2,1-3H3,(H,13,14). The van der Waals surface area contributed by atoms with E-state index in [1.54, 1.807) is 26.4 Å². The first-order valence-electron chi connectivity index (χ1n) is 5.36. The Hall–Kier alpha value is -1.91. The first-order chi connectivity index (χ1) is 8.13. The number of hydrogen-bond acceptors (Lipinski definition) is 4. The molecule has 0 fully saturated rings. The number of rotatable bonds is 2. The maximum Gasteiger partial charge on any atom is 0.228 e. The van der Waals surface area contributed by atoms with Crippen molar-refractivity contribution in [3.05, 3.63) is 12.1 Å². The first kappa shape index (κ1) is 11.6. The van der Waals surface area contributed by atoms with Gasteiger partial charge in [0.25, 0.3) is 0 Å². The number of carbonyl (C=O) groups is 1. The molecule has 0 saturated carbocycles. The van der Waals surface area contributed by atoms with Crippen LogP contribution in [0, 0.1) is 0 Å². The Bertz CT molecular complexity index is 444. The van der Waals surface area contributed by atoms with E-state index in [1.807, 2.05) is 6.92 Å². The number of hydrogen-bond donors (Lipinski definition) is 1. The lowest BCUT2D eigenvalue weighted by Gasteiger charge is -2.14.